The Hall–Kier alpha value is -3.19. The topological polar surface area (TPSA) is 76.5 Å². The molecule has 0 aliphatic carbocycles. The Morgan fingerprint density at radius 2 is 1.89 bits per heavy atom. The Balaban J connectivity index is 1.55. The zero-order chi connectivity index (χ0) is 26.6. The van der Waals surface area contributed by atoms with Crippen molar-refractivity contribution in [2.45, 2.75) is 72.1 Å². The molecule has 3 aromatic rings. The number of amides is 1. The first-order chi connectivity index (χ1) is 17.6. The molecule has 2 aromatic carbocycles. The smallest absolute Gasteiger partial charge is 0.407 e. The minimum atomic E-state index is -0.414. The first-order valence-electron chi connectivity index (χ1n) is 13.3. The normalized spacial score (nSPS) is 18.6. The number of rotatable bonds is 7. The summed E-state index contributed by atoms with van der Waals surface area (Å²) in [5, 5.41) is 3.62. The summed E-state index contributed by atoms with van der Waals surface area (Å²) >= 11 is 0. The minimum Gasteiger partial charge on any atom is -0.445 e. The van der Waals surface area contributed by atoms with Crippen LogP contribution >= 0.6 is 0 Å². The van der Waals surface area contributed by atoms with E-state index in [0.717, 1.165) is 48.3 Å². The van der Waals surface area contributed by atoms with Gasteiger partial charge >= 0.3 is 6.09 Å². The lowest BCUT2D eigenvalue weighted by molar-refractivity contribution is 0.128. The number of carbonyl (C=O) groups is 1. The number of alkyl carbamates (subject to hydrolysis) is 1. The average molecular weight is 505 g/mol. The minimum absolute atomic E-state index is 0.0441. The SMILES string of the molecule is Cc1cccc2nc(C3CCCN(C)C3CCNC(=O)OCc3ccccc3)n(CC(C)(C)C)c(=O)c12. The maximum Gasteiger partial charge on any atom is 0.407 e. The fraction of sp³-hybridized carbons (Fsp3) is 0.500. The molecule has 1 saturated heterocycles. The third-order valence-corrected chi connectivity index (χ3v) is 7.16. The summed E-state index contributed by atoms with van der Waals surface area (Å²) in [5.41, 5.74) is 2.65. The van der Waals surface area contributed by atoms with E-state index in [4.69, 9.17) is 9.72 Å². The van der Waals surface area contributed by atoms with Crippen molar-refractivity contribution in [3.8, 4) is 0 Å². The summed E-state index contributed by atoms with van der Waals surface area (Å²) in [6.45, 7) is 10.8. The molecule has 2 unspecified atom stereocenters. The zero-order valence-electron chi connectivity index (χ0n) is 22.8. The molecular weight excluding hydrogens is 464 g/mol. The highest BCUT2D eigenvalue weighted by Crippen LogP contribution is 2.34. The van der Waals surface area contributed by atoms with Crippen molar-refractivity contribution in [3.63, 3.8) is 0 Å². The van der Waals surface area contributed by atoms with E-state index in [9.17, 15) is 9.59 Å². The number of likely N-dealkylation sites (tertiary alicyclic amines) is 1. The summed E-state index contributed by atoms with van der Waals surface area (Å²) in [6.07, 6.45) is 2.34. The van der Waals surface area contributed by atoms with Gasteiger partial charge < -0.3 is 15.0 Å². The van der Waals surface area contributed by atoms with Gasteiger partial charge in [0.15, 0.2) is 0 Å². The highest BCUT2D eigenvalue weighted by atomic mass is 16.5. The first kappa shape index (κ1) is 26.9. The van der Waals surface area contributed by atoms with E-state index in [1.54, 1.807) is 0 Å². The molecule has 0 bridgehead atoms. The summed E-state index contributed by atoms with van der Waals surface area (Å²) in [4.78, 5) is 33.6. The van der Waals surface area contributed by atoms with E-state index in [2.05, 4.69) is 38.0 Å². The molecule has 0 spiro atoms. The lowest BCUT2D eigenvalue weighted by Crippen LogP contribution is -2.46. The molecule has 2 atom stereocenters. The average Bonchev–Trinajstić information content (AvgIpc) is 2.85. The third-order valence-electron chi connectivity index (χ3n) is 7.16. The van der Waals surface area contributed by atoms with Crippen LogP contribution in [0.1, 0.15) is 62.9 Å². The number of nitrogens with zero attached hydrogens (tertiary/aromatic N) is 3. The fourth-order valence-corrected chi connectivity index (χ4v) is 5.40. The second-order valence-electron chi connectivity index (χ2n) is 11.5. The first-order valence-corrected chi connectivity index (χ1v) is 13.3. The molecular formula is C30H40N4O3. The molecule has 4 rings (SSSR count). The van der Waals surface area contributed by atoms with Crippen LogP contribution in [-0.4, -0.2) is 46.7 Å². The molecule has 7 heteroatoms. The van der Waals surface area contributed by atoms with Crippen LogP contribution in [-0.2, 0) is 17.9 Å². The maximum absolute atomic E-state index is 13.8. The largest absolute Gasteiger partial charge is 0.445 e. The van der Waals surface area contributed by atoms with Crippen molar-refractivity contribution in [3.05, 3.63) is 75.8 Å². The van der Waals surface area contributed by atoms with Crippen molar-refractivity contribution in [1.29, 1.82) is 0 Å². The Kier molecular flexibility index (Phi) is 8.32. The van der Waals surface area contributed by atoms with Crippen LogP contribution in [0.2, 0.25) is 0 Å². The number of benzene rings is 2. The van der Waals surface area contributed by atoms with Crippen LogP contribution in [0.15, 0.2) is 53.3 Å². The lowest BCUT2D eigenvalue weighted by atomic mass is 9.85. The van der Waals surface area contributed by atoms with E-state index in [1.807, 2.05) is 60.0 Å². The number of fused-ring (bicyclic) bond motifs is 1. The maximum atomic E-state index is 13.8. The van der Waals surface area contributed by atoms with Gasteiger partial charge in [-0.1, -0.05) is 63.2 Å². The van der Waals surface area contributed by atoms with Crippen LogP contribution in [0.4, 0.5) is 4.79 Å². The number of aryl methyl sites for hydroxylation is 1. The van der Waals surface area contributed by atoms with Crippen LogP contribution < -0.4 is 10.9 Å². The number of likely N-dealkylation sites (N-methyl/N-ethyl adjacent to an activating group) is 1. The van der Waals surface area contributed by atoms with Gasteiger partial charge in [0.25, 0.3) is 5.56 Å². The molecule has 0 saturated carbocycles. The van der Waals surface area contributed by atoms with Crippen molar-refractivity contribution < 1.29 is 9.53 Å². The molecule has 1 aliphatic rings. The second-order valence-corrected chi connectivity index (χ2v) is 11.5. The molecule has 1 fully saturated rings. The van der Waals surface area contributed by atoms with Gasteiger partial charge in [0, 0.05) is 25.0 Å². The molecule has 7 nitrogen and oxygen atoms in total. The van der Waals surface area contributed by atoms with Gasteiger partial charge in [0.1, 0.15) is 12.4 Å². The molecule has 1 amide bonds. The number of nitrogens with one attached hydrogen (secondary N) is 1. The Morgan fingerprint density at radius 1 is 1.14 bits per heavy atom. The molecule has 0 radical (unpaired) electrons. The van der Waals surface area contributed by atoms with E-state index in [-0.39, 0.29) is 29.5 Å². The predicted molar refractivity (Wildman–Crippen MR) is 148 cm³/mol. The van der Waals surface area contributed by atoms with Crippen molar-refractivity contribution >= 4 is 17.0 Å². The van der Waals surface area contributed by atoms with Crippen LogP contribution in [0.3, 0.4) is 0 Å². The van der Waals surface area contributed by atoms with Gasteiger partial charge in [0.2, 0.25) is 0 Å². The molecule has 198 valence electrons. The Morgan fingerprint density at radius 3 is 2.62 bits per heavy atom. The number of aromatic nitrogens is 2. The standard InChI is InChI=1S/C30H40N4O3/c1-21-11-9-15-24-26(21)28(35)34(20-30(2,3)4)27(32-24)23-14-10-18-33(5)25(23)16-17-31-29(36)37-19-22-12-7-6-8-13-22/h6-9,11-13,15,23,25H,10,14,16-20H2,1-5H3,(H,31,36). The van der Waals surface area contributed by atoms with Crippen molar-refractivity contribution in [1.82, 2.24) is 19.8 Å². The number of piperidine rings is 1. The van der Waals surface area contributed by atoms with Crippen molar-refractivity contribution in [2.75, 3.05) is 20.1 Å². The summed E-state index contributed by atoms with van der Waals surface area (Å²) in [6, 6.07) is 15.7. The number of hydrogen-bond acceptors (Lipinski definition) is 5. The quantitative estimate of drug-likeness (QED) is 0.476. The highest BCUT2D eigenvalue weighted by molar-refractivity contribution is 5.81. The molecule has 1 N–H and O–H groups in total. The monoisotopic (exact) mass is 504 g/mol. The van der Waals surface area contributed by atoms with Crippen molar-refractivity contribution in [2.24, 2.45) is 5.41 Å². The fourth-order valence-electron chi connectivity index (χ4n) is 5.40. The van der Waals surface area contributed by atoms with E-state index >= 15 is 0 Å². The van der Waals surface area contributed by atoms with Gasteiger partial charge in [-0.3, -0.25) is 9.36 Å². The van der Waals surface area contributed by atoms with Crippen LogP contribution in [0, 0.1) is 12.3 Å². The van der Waals surface area contributed by atoms with E-state index in [0.29, 0.717) is 18.5 Å². The lowest BCUT2D eigenvalue weighted by Gasteiger charge is -2.40. The van der Waals surface area contributed by atoms with Crippen LogP contribution in [0.25, 0.3) is 10.9 Å². The zero-order valence-corrected chi connectivity index (χ0v) is 22.8. The van der Waals surface area contributed by atoms with Gasteiger partial charge in [-0.2, -0.15) is 0 Å². The third kappa shape index (κ3) is 6.58. The number of ether oxygens (including phenoxy) is 1. The van der Waals surface area contributed by atoms with Gasteiger partial charge in [-0.25, -0.2) is 9.78 Å². The Bertz CT molecular complexity index is 1280. The summed E-state index contributed by atoms with van der Waals surface area (Å²) in [7, 11) is 2.13. The second kappa shape index (κ2) is 11.5. The molecule has 1 aliphatic heterocycles. The summed E-state index contributed by atoms with van der Waals surface area (Å²) in [5.74, 6) is 0.960. The molecule has 2 heterocycles. The number of carbonyl (C=O) groups excluding carboxylic acids is 1. The molecule has 1 aromatic heterocycles. The van der Waals surface area contributed by atoms with E-state index in [1.165, 1.54) is 0 Å². The highest BCUT2D eigenvalue weighted by Gasteiger charge is 2.34. The Labute approximate surface area is 219 Å². The van der Waals surface area contributed by atoms with E-state index < -0.39 is 6.09 Å². The predicted octanol–water partition coefficient (Wildman–Crippen LogP) is 5.25. The van der Waals surface area contributed by atoms with Crippen LogP contribution in [0.5, 0.6) is 0 Å². The van der Waals surface area contributed by atoms with Gasteiger partial charge in [0.05, 0.1) is 10.9 Å². The molecule has 37 heavy (non-hydrogen) atoms. The van der Waals surface area contributed by atoms with Gasteiger partial charge in [-0.05, 0) is 62.4 Å². The number of hydrogen-bond donors (Lipinski definition) is 1. The summed E-state index contributed by atoms with van der Waals surface area (Å²) < 4.78 is 7.31. The van der Waals surface area contributed by atoms with Gasteiger partial charge in [-0.15, -0.1) is 0 Å².